The lowest BCUT2D eigenvalue weighted by molar-refractivity contribution is 0.151. The van der Waals surface area contributed by atoms with Gasteiger partial charge in [0.05, 0.1) is 6.54 Å². The maximum Gasteiger partial charge on any atom is 0.193 e. The molecule has 4 heteroatoms. The summed E-state index contributed by atoms with van der Waals surface area (Å²) in [5, 5.41) is 3.51. The fraction of sp³-hybridized carbons (Fsp3) is 0.941. The number of hydrogen-bond acceptors (Lipinski definition) is 2. The Labute approximate surface area is 130 Å². The molecule has 0 aromatic heterocycles. The Balaban J connectivity index is 1.56. The Hall–Kier alpha value is -0.770. The van der Waals surface area contributed by atoms with Crippen LogP contribution in [0.3, 0.4) is 0 Å². The van der Waals surface area contributed by atoms with Crippen LogP contribution in [0, 0.1) is 5.41 Å². The van der Waals surface area contributed by atoms with E-state index in [1.807, 2.05) is 0 Å². The predicted molar refractivity (Wildman–Crippen MR) is 88.7 cm³/mol. The molecule has 21 heavy (non-hydrogen) atoms. The molecule has 1 aliphatic heterocycles. The van der Waals surface area contributed by atoms with E-state index in [4.69, 9.17) is 4.99 Å². The zero-order chi connectivity index (χ0) is 14.9. The molecule has 0 aromatic rings. The van der Waals surface area contributed by atoms with E-state index < -0.39 is 0 Å². The number of likely N-dealkylation sites (tertiary alicyclic amines) is 1. The van der Waals surface area contributed by atoms with Gasteiger partial charge in [0.15, 0.2) is 5.96 Å². The lowest BCUT2D eigenvalue weighted by atomic mass is 9.68. The molecule has 3 rings (SSSR count). The molecular formula is C17H32N4. The summed E-state index contributed by atoms with van der Waals surface area (Å²) < 4.78 is 0. The summed E-state index contributed by atoms with van der Waals surface area (Å²) in [5.74, 6) is 1.15. The first-order valence-corrected chi connectivity index (χ1v) is 8.89. The number of aliphatic imine (C=N–C) groups is 1. The van der Waals surface area contributed by atoms with Crippen molar-refractivity contribution < 1.29 is 0 Å². The molecule has 0 amide bonds. The molecule has 3 fully saturated rings. The highest BCUT2D eigenvalue weighted by Crippen LogP contribution is 2.47. The highest BCUT2D eigenvalue weighted by molar-refractivity contribution is 5.80. The minimum atomic E-state index is 0.548. The van der Waals surface area contributed by atoms with Gasteiger partial charge in [-0.1, -0.05) is 6.42 Å². The first-order valence-electron chi connectivity index (χ1n) is 8.89. The van der Waals surface area contributed by atoms with E-state index in [2.05, 4.69) is 36.0 Å². The lowest BCUT2D eigenvalue weighted by Gasteiger charge is -2.38. The van der Waals surface area contributed by atoms with Crippen LogP contribution >= 0.6 is 0 Å². The molecule has 1 heterocycles. The van der Waals surface area contributed by atoms with Gasteiger partial charge in [-0.15, -0.1) is 0 Å². The van der Waals surface area contributed by atoms with Gasteiger partial charge in [-0.05, 0) is 58.4 Å². The van der Waals surface area contributed by atoms with Gasteiger partial charge >= 0.3 is 0 Å². The molecule has 1 N–H and O–H groups in total. The highest BCUT2D eigenvalue weighted by atomic mass is 15.3. The minimum absolute atomic E-state index is 0.548. The quantitative estimate of drug-likeness (QED) is 0.623. The van der Waals surface area contributed by atoms with Crippen LogP contribution in [-0.2, 0) is 0 Å². The summed E-state index contributed by atoms with van der Waals surface area (Å²) in [6, 6.07) is 1.37. The van der Waals surface area contributed by atoms with Crippen LogP contribution < -0.4 is 5.32 Å². The third kappa shape index (κ3) is 3.36. The summed E-state index contributed by atoms with van der Waals surface area (Å²) in [7, 11) is 2.25. The molecular weight excluding hydrogens is 260 g/mol. The van der Waals surface area contributed by atoms with Gasteiger partial charge in [0.2, 0.25) is 0 Å². The topological polar surface area (TPSA) is 30.9 Å². The summed E-state index contributed by atoms with van der Waals surface area (Å²) in [5.41, 5.74) is 0.645. The van der Waals surface area contributed by atoms with Gasteiger partial charge < -0.3 is 10.2 Å². The van der Waals surface area contributed by atoms with E-state index in [0.29, 0.717) is 11.5 Å². The highest BCUT2D eigenvalue weighted by Gasteiger charge is 2.43. The van der Waals surface area contributed by atoms with Crippen molar-refractivity contribution in [2.45, 2.75) is 64.5 Å². The van der Waals surface area contributed by atoms with Crippen molar-refractivity contribution in [3.63, 3.8) is 0 Å². The zero-order valence-electron chi connectivity index (χ0n) is 14.1. The van der Waals surface area contributed by atoms with Crippen molar-refractivity contribution in [2.75, 3.05) is 33.2 Å². The van der Waals surface area contributed by atoms with Crippen molar-refractivity contribution in [1.82, 2.24) is 15.1 Å². The second-order valence-corrected chi connectivity index (χ2v) is 7.47. The average molecular weight is 292 g/mol. The largest absolute Gasteiger partial charge is 0.357 e. The maximum absolute atomic E-state index is 4.94. The molecule has 4 nitrogen and oxygen atoms in total. The van der Waals surface area contributed by atoms with Crippen LogP contribution in [0.4, 0.5) is 0 Å². The molecule has 120 valence electrons. The van der Waals surface area contributed by atoms with E-state index in [1.165, 1.54) is 51.6 Å². The van der Waals surface area contributed by atoms with Crippen LogP contribution in [-0.4, -0.2) is 61.1 Å². The number of likely N-dealkylation sites (N-methyl/N-ethyl adjacent to an activating group) is 1. The number of nitrogens with one attached hydrogen (secondary N) is 1. The Morgan fingerprint density at radius 2 is 2.14 bits per heavy atom. The van der Waals surface area contributed by atoms with Crippen molar-refractivity contribution in [3.05, 3.63) is 0 Å². The van der Waals surface area contributed by atoms with E-state index in [9.17, 15) is 0 Å². The summed E-state index contributed by atoms with van der Waals surface area (Å²) in [6.07, 6.45) is 8.42. The van der Waals surface area contributed by atoms with Crippen molar-refractivity contribution in [2.24, 2.45) is 10.4 Å². The fourth-order valence-electron chi connectivity index (χ4n) is 3.82. The first kappa shape index (κ1) is 15.1. The van der Waals surface area contributed by atoms with E-state index >= 15 is 0 Å². The minimum Gasteiger partial charge on any atom is -0.357 e. The van der Waals surface area contributed by atoms with Crippen molar-refractivity contribution >= 4 is 5.96 Å². The Kier molecular flexibility index (Phi) is 4.43. The third-order valence-electron chi connectivity index (χ3n) is 5.81. The van der Waals surface area contributed by atoms with Crippen molar-refractivity contribution in [1.29, 1.82) is 0 Å². The number of nitrogens with zero attached hydrogens (tertiary/aromatic N) is 3. The number of hydrogen-bond donors (Lipinski definition) is 1. The maximum atomic E-state index is 4.94. The van der Waals surface area contributed by atoms with Crippen LogP contribution in [0.1, 0.15) is 52.4 Å². The SMILES string of the molecule is CCNC(=NCC(C)N(C)C1CC1)N1CCC2(CCC2)C1. The molecule has 2 aliphatic carbocycles. The predicted octanol–water partition coefficient (Wildman–Crippen LogP) is 2.31. The number of guanidine groups is 1. The molecule has 3 aliphatic rings. The van der Waals surface area contributed by atoms with E-state index in [-0.39, 0.29) is 0 Å². The first-order chi connectivity index (χ1) is 10.1. The van der Waals surface area contributed by atoms with E-state index in [1.54, 1.807) is 0 Å². The molecule has 1 spiro atoms. The second-order valence-electron chi connectivity index (χ2n) is 7.47. The Morgan fingerprint density at radius 1 is 1.38 bits per heavy atom. The lowest BCUT2D eigenvalue weighted by Crippen LogP contribution is -2.43. The second kappa shape index (κ2) is 6.15. The van der Waals surface area contributed by atoms with Gasteiger partial charge in [-0.25, -0.2) is 0 Å². The van der Waals surface area contributed by atoms with Crippen LogP contribution in [0.15, 0.2) is 4.99 Å². The number of rotatable bonds is 5. The molecule has 1 unspecified atom stereocenters. The van der Waals surface area contributed by atoms with Crippen LogP contribution in [0.25, 0.3) is 0 Å². The van der Waals surface area contributed by atoms with Gasteiger partial charge in [0.25, 0.3) is 0 Å². The van der Waals surface area contributed by atoms with Gasteiger partial charge in [0.1, 0.15) is 0 Å². The standard InChI is InChI=1S/C17H32N4/c1-4-18-16(19-12-14(2)20(3)15-6-7-15)21-11-10-17(13-21)8-5-9-17/h14-15H,4-13H2,1-3H3,(H,18,19). The third-order valence-corrected chi connectivity index (χ3v) is 5.81. The Morgan fingerprint density at radius 3 is 2.67 bits per heavy atom. The van der Waals surface area contributed by atoms with Gasteiger partial charge in [-0.2, -0.15) is 0 Å². The monoisotopic (exact) mass is 292 g/mol. The van der Waals surface area contributed by atoms with E-state index in [0.717, 1.165) is 25.1 Å². The fourth-order valence-corrected chi connectivity index (χ4v) is 3.82. The zero-order valence-corrected chi connectivity index (χ0v) is 14.1. The molecule has 1 saturated heterocycles. The summed E-state index contributed by atoms with van der Waals surface area (Å²) in [4.78, 5) is 9.95. The van der Waals surface area contributed by atoms with Crippen molar-refractivity contribution in [3.8, 4) is 0 Å². The smallest absolute Gasteiger partial charge is 0.193 e. The van der Waals surface area contributed by atoms with Gasteiger partial charge in [-0.3, -0.25) is 9.89 Å². The van der Waals surface area contributed by atoms with Gasteiger partial charge in [0, 0.05) is 31.7 Å². The average Bonchev–Trinajstić information content (AvgIpc) is 3.19. The summed E-state index contributed by atoms with van der Waals surface area (Å²) >= 11 is 0. The van der Waals surface area contributed by atoms with Crippen LogP contribution in [0.2, 0.25) is 0 Å². The normalized spacial score (nSPS) is 26.3. The summed E-state index contributed by atoms with van der Waals surface area (Å²) in [6.45, 7) is 8.78. The molecule has 1 atom stereocenters. The molecule has 0 bridgehead atoms. The molecule has 0 radical (unpaired) electrons. The molecule has 2 saturated carbocycles. The van der Waals surface area contributed by atoms with Crippen LogP contribution in [0.5, 0.6) is 0 Å². The molecule has 0 aromatic carbocycles. The Bertz CT molecular complexity index is 384.